The summed E-state index contributed by atoms with van der Waals surface area (Å²) in [6.07, 6.45) is 1.12. The fourth-order valence-corrected chi connectivity index (χ4v) is 8.87. The van der Waals surface area contributed by atoms with Gasteiger partial charge in [0, 0.05) is 24.9 Å². The van der Waals surface area contributed by atoms with Crippen LogP contribution >= 0.6 is 23.4 Å². The summed E-state index contributed by atoms with van der Waals surface area (Å²) in [6, 6.07) is 15.9. The zero-order valence-electron chi connectivity index (χ0n) is 20.0. The number of nitrogens with zero attached hydrogens (tertiary/aromatic N) is 1. The topological polar surface area (TPSA) is 98.7 Å². The highest BCUT2D eigenvalue weighted by atomic mass is 35.5. The lowest BCUT2D eigenvalue weighted by atomic mass is 9.66. The van der Waals surface area contributed by atoms with Crippen LogP contribution in [0, 0.1) is 17.8 Å². The number of nitrogens with one attached hydrogen (secondary N) is 2. The van der Waals surface area contributed by atoms with Gasteiger partial charge in [0.15, 0.2) is 0 Å². The Morgan fingerprint density at radius 1 is 1.14 bits per heavy atom. The second-order valence-corrected chi connectivity index (χ2v) is 11.8. The van der Waals surface area contributed by atoms with Gasteiger partial charge >= 0.3 is 0 Å². The number of hydrogen-bond acceptors (Lipinski definition) is 5. The van der Waals surface area contributed by atoms with Gasteiger partial charge in [-0.3, -0.25) is 14.4 Å². The molecule has 36 heavy (non-hydrogen) atoms. The van der Waals surface area contributed by atoms with Gasteiger partial charge in [0.25, 0.3) is 0 Å². The number of hydrogen-bond donors (Lipinski definition) is 3. The minimum absolute atomic E-state index is 0.0275. The van der Waals surface area contributed by atoms with Crippen LogP contribution in [0.2, 0.25) is 5.02 Å². The van der Waals surface area contributed by atoms with Gasteiger partial charge in [-0.05, 0) is 36.5 Å². The monoisotopic (exact) mass is 527 g/mol. The first-order valence-corrected chi connectivity index (χ1v) is 13.6. The molecular formula is C27H30ClN3O4S. The van der Waals surface area contributed by atoms with E-state index in [4.69, 9.17) is 11.6 Å². The Balaban J connectivity index is 1.45. The zero-order chi connectivity index (χ0) is 25.4. The molecule has 0 aromatic heterocycles. The van der Waals surface area contributed by atoms with Crippen LogP contribution in [0.15, 0.2) is 54.6 Å². The molecule has 6 atom stereocenters. The molecule has 2 aromatic rings. The Hall–Kier alpha value is -2.55. The summed E-state index contributed by atoms with van der Waals surface area (Å²) in [6.45, 7) is 2.63. The standard InChI is InChI=1S/C27H30ClN3O4S/c1-16-14-20-21(24(33)29-15-17-8-3-2-4-9-17)22-26(35)31(12-7-13-32)23(27(16,22)36-20)25(34)30-19-11-6-5-10-18(19)28/h2-6,8-11,16,20-23,32H,7,12-15H2,1H3,(H,29,33)(H,30,34)/t16?,20-,21+,22+,23?,27?/m1/s1. The molecule has 0 saturated carbocycles. The van der Waals surface area contributed by atoms with E-state index in [0.29, 0.717) is 23.7 Å². The number of likely N-dealkylation sites (tertiary alicyclic amines) is 1. The second-order valence-electron chi connectivity index (χ2n) is 9.83. The number of carbonyl (C=O) groups excluding carboxylic acids is 3. The SMILES string of the molecule is CC1C[C@H]2SC13C(C(=O)Nc1ccccc1Cl)N(CCCO)C(=O)[C@@H]3[C@H]2C(=O)NCc1ccccc1. The van der Waals surface area contributed by atoms with Crippen LogP contribution in [0.4, 0.5) is 5.69 Å². The molecule has 3 fully saturated rings. The van der Waals surface area contributed by atoms with Crippen LogP contribution < -0.4 is 10.6 Å². The van der Waals surface area contributed by atoms with E-state index in [-0.39, 0.29) is 42.0 Å². The Kier molecular flexibility index (Phi) is 7.03. The van der Waals surface area contributed by atoms with Crippen LogP contribution in [0.1, 0.15) is 25.3 Å². The van der Waals surface area contributed by atoms with Gasteiger partial charge in [-0.15, -0.1) is 11.8 Å². The lowest BCUT2D eigenvalue weighted by molar-refractivity contribution is -0.139. The van der Waals surface area contributed by atoms with Crippen molar-refractivity contribution < 1.29 is 19.5 Å². The summed E-state index contributed by atoms with van der Waals surface area (Å²) in [7, 11) is 0. The summed E-state index contributed by atoms with van der Waals surface area (Å²) in [5.74, 6) is -1.64. The minimum atomic E-state index is -0.755. The van der Waals surface area contributed by atoms with E-state index >= 15 is 0 Å². The predicted molar refractivity (Wildman–Crippen MR) is 140 cm³/mol. The Morgan fingerprint density at radius 2 is 1.86 bits per heavy atom. The largest absolute Gasteiger partial charge is 0.396 e. The number of rotatable bonds is 8. The molecule has 190 valence electrons. The molecule has 7 nitrogen and oxygen atoms in total. The molecule has 2 bridgehead atoms. The molecule has 3 amide bonds. The minimum Gasteiger partial charge on any atom is -0.396 e. The zero-order valence-corrected chi connectivity index (χ0v) is 21.6. The third-order valence-corrected chi connectivity index (χ3v) is 10.2. The van der Waals surface area contributed by atoms with Crippen LogP contribution in [0.25, 0.3) is 0 Å². The number of aliphatic hydroxyl groups is 1. The summed E-state index contributed by atoms with van der Waals surface area (Å²) in [5.41, 5.74) is 1.48. The summed E-state index contributed by atoms with van der Waals surface area (Å²) < 4.78 is -0.711. The van der Waals surface area contributed by atoms with Crippen molar-refractivity contribution in [1.82, 2.24) is 10.2 Å². The van der Waals surface area contributed by atoms with Gasteiger partial charge in [-0.25, -0.2) is 0 Å². The van der Waals surface area contributed by atoms with Crippen molar-refractivity contribution in [2.45, 2.75) is 42.3 Å². The van der Waals surface area contributed by atoms with Gasteiger partial charge in [0.1, 0.15) is 6.04 Å². The number of aliphatic hydroxyl groups excluding tert-OH is 1. The van der Waals surface area contributed by atoms with E-state index < -0.39 is 22.6 Å². The molecule has 5 rings (SSSR count). The van der Waals surface area contributed by atoms with E-state index in [1.54, 1.807) is 40.9 Å². The third-order valence-electron chi connectivity index (χ3n) is 7.80. The van der Waals surface area contributed by atoms with Gasteiger partial charge in [-0.2, -0.15) is 0 Å². The van der Waals surface area contributed by atoms with Crippen molar-refractivity contribution in [2.24, 2.45) is 17.8 Å². The smallest absolute Gasteiger partial charge is 0.248 e. The van der Waals surface area contributed by atoms with Crippen LogP contribution in [-0.2, 0) is 20.9 Å². The molecule has 3 N–H and O–H groups in total. The molecule has 2 aromatic carbocycles. The molecule has 3 heterocycles. The molecule has 3 aliphatic rings. The number of amides is 3. The maximum Gasteiger partial charge on any atom is 0.248 e. The Bertz CT molecular complexity index is 1160. The van der Waals surface area contributed by atoms with Crippen LogP contribution in [0.3, 0.4) is 0 Å². The van der Waals surface area contributed by atoms with E-state index in [0.717, 1.165) is 12.0 Å². The fourth-order valence-electron chi connectivity index (χ4n) is 6.27. The van der Waals surface area contributed by atoms with E-state index in [1.807, 2.05) is 30.3 Å². The number of halogens is 1. The Morgan fingerprint density at radius 3 is 2.58 bits per heavy atom. The quantitative estimate of drug-likeness (QED) is 0.489. The highest BCUT2D eigenvalue weighted by Crippen LogP contribution is 2.68. The van der Waals surface area contributed by atoms with E-state index in [9.17, 15) is 19.5 Å². The Labute approximate surface area is 220 Å². The average Bonchev–Trinajstić information content (AvgIpc) is 3.47. The normalized spacial score (nSPS) is 30.4. The highest BCUT2D eigenvalue weighted by Gasteiger charge is 2.75. The predicted octanol–water partition coefficient (Wildman–Crippen LogP) is 3.31. The first-order valence-electron chi connectivity index (χ1n) is 12.3. The van der Waals surface area contributed by atoms with Crippen molar-refractivity contribution in [3.8, 4) is 0 Å². The molecule has 3 unspecified atom stereocenters. The average molecular weight is 528 g/mol. The van der Waals surface area contributed by atoms with Gasteiger partial charge in [0.2, 0.25) is 17.7 Å². The first-order chi connectivity index (χ1) is 17.4. The number of thioether (sulfide) groups is 1. The first kappa shape index (κ1) is 25.1. The summed E-state index contributed by atoms with van der Waals surface area (Å²) >= 11 is 7.93. The molecule has 0 radical (unpaired) electrons. The van der Waals surface area contributed by atoms with E-state index in [1.165, 1.54) is 0 Å². The van der Waals surface area contributed by atoms with Gasteiger partial charge in [0.05, 0.1) is 27.3 Å². The number of carbonyl (C=O) groups is 3. The van der Waals surface area contributed by atoms with Crippen molar-refractivity contribution in [3.63, 3.8) is 0 Å². The molecule has 1 spiro atoms. The summed E-state index contributed by atoms with van der Waals surface area (Å²) in [5, 5.41) is 15.9. The van der Waals surface area contributed by atoms with Crippen molar-refractivity contribution in [2.75, 3.05) is 18.5 Å². The lowest BCUT2D eigenvalue weighted by Gasteiger charge is -2.38. The van der Waals surface area contributed by atoms with Crippen molar-refractivity contribution in [1.29, 1.82) is 0 Å². The molecule has 3 saturated heterocycles. The lowest BCUT2D eigenvalue weighted by Crippen LogP contribution is -2.55. The molecule has 3 aliphatic heterocycles. The number of para-hydroxylation sites is 1. The summed E-state index contributed by atoms with van der Waals surface area (Å²) in [4.78, 5) is 42.8. The maximum atomic E-state index is 13.9. The number of benzene rings is 2. The van der Waals surface area contributed by atoms with Gasteiger partial charge in [-0.1, -0.05) is 61.0 Å². The third kappa shape index (κ3) is 4.09. The van der Waals surface area contributed by atoms with Gasteiger partial charge < -0.3 is 20.6 Å². The molecular weight excluding hydrogens is 498 g/mol. The maximum absolute atomic E-state index is 13.9. The van der Waals surface area contributed by atoms with Crippen LogP contribution in [-0.4, -0.2) is 56.9 Å². The molecule has 9 heteroatoms. The fraction of sp³-hybridized carbons (Fsp3) is 0.444. The van der Waals surface area contributed by atoms with Crippen molar-refractivity contribution >= 4 is 46.8 Å². The highest BCUT2D eigenvalue weighted by molar-refractivity contribution is 8.02. The number of fused-ring (bicyclic) bond motifs is 1. The van der Waals surface area contributed by atoms with Crippen LogP contribution in [0.5, 0.6) is 0 Å². The molecule has 0 aliphatic carbocycles. The van der Waals surface area contributed by atoms with Crippen molar-refractivity contribution in [3.05, 3.63) is 65.2 Å². The number of anilines is 1. The second kappa shape index (κ2) is 10.1. The van der Waals surface area contributed by atoms with E-state index in [2.05, 4.69) is 17.6 Å².